The van der Waals surface area contributed by atoms with Crippen molar-refractivity contribution in [3.05, 3.63) is 69.2 Å². The van der Waals surface area contributed by atoms with Crippen LogP contribution in [0.4, 0.5) is 13.2 Å². The quantitative estimate of drug-likeness (QED) is 0.631. The van der Waals surface area contributed by atoms with E-state index in [4.69, 9.17) is 23.2 Å². The van der Waals surface area contributed by atoms with Crippen LogP contribution in [0.2, 0.25) is 10.0 Å². The minimum Gasteiger partial charge on any atom is -0.329 e. The Bertz CT molecular complexity index is 941. The molecule has 1 amide bonds. The molecular formula is C21H17Cl2F3N2O. The number of alkyl halides is 3. The zero-order valence-corrected chi connectivity index (χ0v) is 16.8. The van der Waals surface area contributed by atoms with Crippen LogP contribution in [0.25, 0.3) is 0 Å². The number of halogens is 5. The fourth-order valence-electron chi connectivity index (χ4n) is 2.97. The zero-order valence-electron chi connectivity index (χ0n) is 15.3. The van der Waals surface area contributed by atoms with E-state index in [1.165, 1.54) is 12.1 Å². The molecule has 1 heterocycles. The van der Waals surface area contributed by atoms with Gasteiger partial charge in [0.05, 0.1) is 15.6 Å². The first-order chi connectivity index (χ1) is 13.7. The van der Waals surface area contributed by atoms with E-state index in [2.05, 4.69) is 16.7 Å². The van der Waals surface area contributed by atoms with Crippen molar-refractivity contribution in [2.45, 2.75) is 12.7 Å². The standard InChI is InChI=1S/C21H17Cl2F3N2O/c22-18-3-1-2-16(20(18)23)6-9-19(29)28-12-10-27(11-13-28)14-15-4-7-17(8-5-15)21(24,25)26/h1-5,7-8H,10-14H2. The molecule has 2 aromatic rings. The molecule has 0 bridgehead atoms. The highest BCUT2D eigenvalue weighted by molar-refractivity contribution is 6.42. The van der Waals surface area contributed by atoms with Crippen molar-refractivity contribution >= 4 is 29.1 Å². The predicted octanol–water partition coefficient (Wildman–Crippen LogP) is 4.71. The summed E-state index contributed by atoms with van der Waals surface area (Å²) in [5.41, 5.74) is 0.636. The largest absolute Gasteiger partial charge is 0.416 e. The number of nitrogens with zero attached hydrogens (tertiary/aromatic N) is 2. The van der Waals surface area contributed by atoms with Crippen LogP contribution in [0.1, 0.15) is 16.7 Å². The molecule has 2 aromatic carbocycles. The van der Waals surface area contributed by atoms with E-state index in [-0.39, 0.29) is 5.91 Å². The van der Waals surface area contributed by atoms with E-state index in [0.29, 0.717) is 48.3 Å². The van der Waals surface area contributed by atoms with Crippen LogP contribution in [0, 0.1) is 11.8 Å². The summed E-state index contributed by atoms with van der Waals surface area (Å²) < 4.78 is 37.9. The van der Waals surface area contributed by atoms with Gasteiger partial charge in [-0.2, -0.15) is 13.2 Å². The van der Waals surface area contributed by atoms with Gasteiger partial charge >= 0.3 is 6.18 Å². The molecule has 3 nitrogen and oxygen atoms in total. The summed E-state index contributed by atoms with van der Waals surface area (Å²) in [5, 5.41) is 0.693. The molecule has 0 unspecified atom stereocenters. The van der Waals surface area contributed by atoms with Crippen molar-refractivity contribution in [2.75, 3.05) is 26.2 Å². The molecular weight excluding hydrogens is 424 g/mol. The summed E-state index contributed by atoms with van der Waals surface area (Å²) in [7, 11) is 0. The Morgan fingerprint density at radius 1 is 1.00 bits per heavy atom. The van der Waals surface area contributed by atoms with Crippen LogP contribution >= 0.6 is 23.2 Å². The lowest BCUT2D eigenvalue weighted by molar-refractivity contribution is -0.137. The minimum atomic E-state index is -4.33. The fraction of sp³-hybridized carbons (Fsp3) is 0.286. The highest BCUT2D eigenvalue weighted by Gasteiger charge is 2.30. The van der Waals surface area contributed by atoms with E-state index in [9.17, 15) is 18.0 Å². The number of carbonyl (C=O) groups excluding carboxylic acids is 1. The lowest BCUT2D eigenvalue weighted by Crippen LogP contribution is -2.47. The lowest BCUT2D eigenvalue weighted by Gasteiger charge is -2.33. The maximum Gasteiger partial charge on any atom is 0.416 e. The Balaban J connectivity index is 1.53. The highest BCUT2D eigenvalue weighted by Crippen LogP contribution is 2.29. The first kappa shape index (κ1) is 21.5. The summed E-state index contributed by atoms with van der Waals surface area (Å²) in [6.45, 7) is 2.76. The first-order valence-electron chi connectivity index (χ1n) is 8.87. The fourth-order valence-corrected chi connectivity index (χ4v) is 3.31. The van der Waals surface area contributed by atoms with Gasteiger partial charge in [-0.3, -0.25) is 9.69 Å². The van der Waals surface area contributed by atoms with Gasteiger partial charge in [-0.25, -0.2) is 0 Å². The molecule has 0 spiro atoms. The molecule has 1 aliphatic rings. The van der Waals surface area contributed by atoms with Gasteiger partial charge in [-0.05, 0) is 29.8 Å². The summed E-state index contributed by atoms with van der Waals surface area (Å²) in [6.07, 6.45) is -4.33. The second-order valence-corrected chi connectivity index (χ2v) is 7.40. The van der Waals surface area contributed by atoms with E-state index in [1.807, 2.05) is 0 Å². The molecule has 1 saturated heterocycles. The Morgan fingerprint density at radius 2 is 1.66 bits per heavy atom. The second kappa shape index (κ2) is 9.08. The Morgan fingerprint density at radius 3 is 2.28 bits per heavy atom. The third-order valence-electron chi connectivity index (χ3n) is 4.60. The predicted molar refractivity (Wildman–Crippen MR) is 107 cm³/mol. The van der Waals surface area contributed by atoms with E-state index < -0.39 is 11.7 Å². The van der Waals surface area contributed by atoms with Crippen LogP contribution in [-0.2, 0) is 17.5 Å². The van der Waals surface area contributed by atoms with Gasteiger partial charge in [-0.15, -0.1) is 0 Å². The molecule has 0 saturated carbocycles. The van der Waals surface area contributed by atoms with E-state index in [1.54, 1.807) is 23.1 Å². The van der Waals surface area contributed by atoms with Crippen molar-refractivity contribution in [3.8, 4) is 11.8 Å². The van der Waals surface area contributed by atoms with Crippen molar-refractivity contribution in [2.24, 2.45) is 0 Å². The lowest BCUT2D eigenvalue weighted by atomic mass is 10.1. The van der Waals surface area contributed by atoms with Gasteiger partial charge in [0.25, 0.3) is 5.91 Å². The monoisotopic (exact) mass is 440 g/mol. The number of carbonyl (C=O) groups is 1. The van der Waals surface area contributed by atoms with E-state index in [0.717, 1.165) is 17.7 Å². The average molecular weight is 441 g/mol. The van der Waals surface area contributed by atoms with Crippen LogP contribution in [-0.4, -0.2) is 41.9 Å². The van der Waals surface area contributed by atoms with Crippen LogP contribution in [0.15, 0.2) is 42.5 Å². The molecule has 1 fully saturated rings. The molecule has 152 valence electrons. The Labute approximate surface area is 177 Å². The number of amides is 1. The number of rotatable bonds is 2. The van der Waals surface area contributed by atoms with Gasteiger partial charge < -0.3 is 4.90 Å². The number of benzene rings is 2. The molecule has 0 N–H and O–H groups in total. The Kier molecular flexibility index (Phi) is 6.74. The zero-order chi connectivity index (χ0) is 21.0. The van der Waals surface area contributed by atoms with Gasteiger partial charge in [-0.1, -0.05) is 47.3 Å². The average Bonchev–Trinajstić information content (AvgIpc) is 2.69. The molecule has 1 aliphatic heterocycles. The van der Waals surface area contributed by atoms with Crippen LogP contribution in [0.5, 0.6) is 0 Å². The number of piperazine rings is 1. The smallest absolute Gasteiger partial charge is 0.329 e. The highest BCUT2D eigenvalue weighted by atomic mass is 35.5. The molecule has 29 heavy (non-hydrogen) atoms. The van der Waals surface area contributed by atoms with Crippen molar-refractivity contribution in [1.82, 2.24) is 9.80 Å². The SMILES string of the molecule is O=C(C#Cc1cccc(Cl)c1Cl)N1CCN(Cc2ccc(C(F)(F)F)cc2)CC1. The molecule has 8 heteroatoms. The van der Waals surface area contributed by atoms with Crippen molar-refractivity contribution in [1.29, 1.82) is 0 Å². The van der Waals surface area contributed by atoms with Crippen molar-refractivity contribution in [3.63, 3.8) is 0 Å². The number of hydrogen-bond donors (Lipinski definition) is 0. The molecule has 3 rings (SSSR count). The molecule has 0 aromatic heterocycles. The molecule has 0 atom stereocenters. The topological polar surface area (TPSA) is 23.6 Å². The minimum absolute atomic E-state index is 0.296. The summed E-state index contributed by atoms with van der Waals surface area (Å²) in [6, 6.07) is 10.2. The second-order valence-electron chi connectivity index (χ2n) is 6.61. The Hall–Kier alpha value is -2.20. The van der Waals surface area contributed by atoms with Crippen LogP contribution < -0.4 is 0 Å². The third kappa shape index (κ3) is 5.66. The van der Waals surface area contributed by atoms with Crippen molar-refractivity contribution < 1.29 is 18.0 Å². The summed E-state index contributed by atoms with van der Waals surface area (Å²) >= 11 is 12.0. The number of hydrogen-bond acceptors (Lipinski definition) is 2. The van der Waals surface area contributed by atoms with Gasteiger partial charge in [0.1, 0.15) is 0 Å². The normalized spacial score (nSPS) is 15.0. The first-order valence-corrected chi connectivity index (χ1v) is 9.63. The maximum atomic E-state index is 12.6. The third-order valence-corrected chi connectivity index (χ3v) is 5.42. The van der Waals surface area contributed by atoms with Crippen LogP contribution in [0.3, 0.4) is 0 Å². The van der Waals surface area contributed by atoms with Gasteiger partial charge in [0, 0.05) is 44.2 Å². The van der Waals surface area contributed by atoms with Gasteiger partial charge in [0.2, 0.25) is 0 Å². The summed E-state index contributed by atoms with van der Waals surface area (Å²) in [4.78, 5) is 16.1. The van der Waals surface area contributed by atoms with E-state index >= 15 is 0 Å². The van der Waals surface area contributed by atoms with Gasteiger partial charge in [0.15, 0.2) is 0 Å². The molecule has 0 radical (unpaired) electrons. The maximum absolute atomic E-state index is 12.6. The molecule has 0 aliphatic carbocycles. The summed E-state index contributed by atoms with van der Waals surface area (Å²) in [5.74, 6) is 5.05.